The highest BCUT2D eigenvalue weighted by Crippen LogP contribution is 2.28. The van der Waals surface area contributed by atoms with Crippen LogP contribution in [0.25, 0.3) is 11.0 Å². The highest BCUT2D eigenvalue weighted by molar-refractivity contribution is 6.33. The van der Waals surface area contributed by atoms with Gasteiger partial charge in [0.25, 0.3) is 11.8 Å². The van der Waals surface area contributed by atoms with Gasteiger partial charge in [-0.05, 0) is 37.3 Å². The van der Waals surface area contributed by atoms with Crippen molar-refractivity contribution < 1.29 is 18.7 Å². The van der Waals surface area contributed by atoms with Crippen molar-refractivity contribution in [3.8, 4) is 5.75 Å². The molecule has 0 atom stereocenters. The second kappa shape index (κ2) is 8.14. The minimum absolute atomic E-state index is 0.246. The first-order chi connectivity index (χ1) is 13.0. The number of amides is 2. The molecule has 140 valence electrons. The molecule has 0 bridgehead atoms. The number of methoxy groups -OCH3 is 1. The Morgan fingerprint density at radius 3 is 2.48 bits per heavy atom. The van der Waals surface area contributed by atoms with Crippen LogP contribution in [0.4, 0.5) is 0 Å². The third kappa shape index (κ3) is 4.06. The summed E-state index contributed by atoms with van der Waals surface area (Å²) in [6.45, 7) is 2.34. The quantitative estimate of drug-likeness (QED) is 0.635. The number of nitrogens with one attached hydrogen (secondary N) is 2. The van der Waals surface area contributed by atoms with Gasteiger partial charge in [0.2, 0.25) is 0 Å². The van der Waals surface area contributed by atoms with E-state index in [-0.39, 0.29) is 30.7 Å². The lowest BCUT2D eigenvalue weighted by molar-refractivity contribution is 0.0911. The van der Waals surface area contributed by atoms with E-state index in [4.69, 9.17) is 20.8 Å². The van der Waals surface area contributed by atoms with Gasteiger partial charge < -0.3 is 19.8 Å². The van der Waals surface area contributed by atoms with Crippen molar-refractivity contribution in [1.29, 1.82) is 0 Å². The van der Waals surface area contributed by atoms with Crippen LogP contribution in [0.5, 0.6) is 5.75 Å². The third-order valence-electron chi connectivity index (χ3n) is 4.16. The number of aryl methyl sites for hydroxylation is 1. The average molecular weight is 387 g/mol. The molecule has 6 nitrogen and oxygen atoms in total. The van der Waals surface area contributed by atoms with Crippen molar-refractivity contribution in [3.63, 3.8) is 0 Å². The molecule has 0 radical (unpaired) electrons. The standard InChI is InChI=1S/C20H19ClN2O4/c1-12-15-11-13(26-2)7-8-17(15)27-18(12)20(25)23-10-9-22-19(24)14-5-3-4-6-16(14)21/h3-8,11H,9-10H2,1-2H3,(H,22,24)(H,23,25). The zero-order valence-electron chi connectivity index (χ0n) is 15.0. The number of carbonyl (C=O) groups excluding carboxylic acids is 2. The van der Waals surface area contributed by atoms with Crippen molar-refractivity contribution in [2.24, 2.45) is 0 Å². The number of halogens is 1. The molecule has 1 aromatic heterocycles. The normalized spacial score (nSPS) is 10.6. The minimum Gasteiger partial charge on any atom is -0.497 e. The molecule has 0 aliphatic heterocycles. The van der Waals surface area contributed by atoms with Crippen molar-refractivity contribution in [2.75, 3.05) is 20.2 Å². The van der Waals surface area contributed by atoms with Crippen LogP contribution in [0.1, 0.15) is 26.5 Å². The second-order valence-electron chi connectivity index (χ2n) is 5.91. The van der Waals surface area contributed by atoms with Crippen LogP contribution in [0.15, 0.2) is 46.9 Å². The first-order valence-electron chi connectivity index (χ1n) is 8.39. The van der Waals surface area contributed by atoms with E-state index in [0.29, 0.717) is 21.9 Å². The van der Waals surface area contributed by atoms with E-state index in [0.717, 1.165) is 10.9 Å². The number of hydrogen-bond acceptors (Lipinski definition) is 4. The number of rotatable bonds is 6. The van der Waals surface area contributed by atoms with Crippen molar-refractivity contribution in [1.82, 2.24) is 10.6 Å². The molecule has 3 rings (SSSR count). The molecule has 0 spiro atoms. The summed E-state index contributed by atoms with van der Waals surface area (Å²) in [6.07, 6.45) is 0. The Bertz CT molecular complexity index is 997. The molecule has 0 saturated carbocycles. The summed E-state index contributed by atoms with van der Waals surface area (Å²) in [5.74, 6) is 0.313. The van der Waals surface area contributed by atoms with Crippen molar-refractivity contribution >= 4 is 34.4 Å². The number of benzene rings is 2. The maximum atomic E-state index is 12.4. The van der Waals surface area contributed by atoms with Gasteiger partial charge in [0.15, 0.2) is 5.76 Å². The molecular formula is C20H19ClN2O4. The first kappa shape index (κ1) is 18.8. The Morgan fingerprint density at radius 2 is 1.78 bits per heavy atom. The van der Waals surface area contributed by atoms with E-state index >= 15 is 0 Å². The van der Waals surface area contributed by atoms with Gasteiger partial charge in [-0.15, -0.1) is 0 Å². The summed E-state index contributed by atoms with van der Waals surface area (Å²) in [5.41, 5.74) is 1.75. The number of carbonyl (C=O) groups is 2. The van der Waals surface area contributed by atoms with Gasteiger partial charge in [0.1, 0.15) is 11.3 Å². The van der Waals surface area contributed by atoms with E-state index in [1.54, 1.807) is 43.5 Å². The summed E-state index contributed by atoms with van der Waals surface area (Å²) >= 11 is 5.99. The van der Waals surface area contributed by atoms with E-state index in [1.165, 1.54) is 0 Å². The Labute approximate surface area is 161 Å². The zero-order valence-corrected chi connectivity index (χ0v) is 15.7. The van der Waals surface area contributed by atoms with Crippen LogP contribution in [0.3, 0.4) is 0 Å². The maximum absolute atomic E-state index is 12.4. The lowest BCUT2D eigenvalue weighted by Gasteiger charge is -2.07. The largest absolute Gasteiger partial charge is 0.497 e. The summed E-state index contributed by atoms with van der Waals surface area (Å²) in [6, 6.07) is 12.2. The van der Waals surface area contributed by atoms with Gasteiger partial charge in [-0.2, -0.15) is 0 Å². The molecule has 2 N–H and O–H groups in total. The fraction of sp³-hybridized carbons (Fsp3) is 0.200. The third-order valence-corrected chi connectivity index (χ3v) is 4.49. The smallest absolute Gasteiger partial charge is 0.287 e. The molecule has 2 amide bonds. The molecule has 2 aromatic carbocycles. The number of ether oxygens (including phenoxy) is 1. The molecule has 3 aromatic rings. The number of furan rings is 1. The fourth-order valence-electron chi connectivity index (χ4n) is 2.72. The number of fused-ring (bicyclic) bond motifs is 1. The van der Waals surface area contributed by atoms with Crippen LogP contribution >= 0.6 is 11.6 Å². The summed E-state index contributed by atoms with van der Waals surface area (Å²) in [5, 5.41) is 6.66. The van der Waals surface area contributed by atoms with E-state index < -0.39 is 0 Å². The van der Waals surface area contributed by atoms with Gasteiger partial charge in [-0.25, -0.2) is 0 Å². The molecule has 1 heterocycles. The number of hydrogen-bond donors (Lipinski definition) is 2. The van der Waals surface area contributed by atoms with Gasteiger partial charge in [0, 0.05) is 24.0 Å². The monoisotopic (exact) mass is 386 g/mol. The van der Waals surface area contributed by atoms with E-state index in [2.05, 4.69) is 10.6 Å². The van der Waals surface area contributed by atoms with Crippen LogP contribution in [0, 0.1) is 6.92 Å². The Morgan fingerprint density at radius 1 is 1.07 bits per heavy atom. The lowest BCUT2D eigenvalue weighted by Crippen LogP contribution is -2.34. The topological polar surface area (TPSA) is 80.6 Å². The Kier molecular flexibility index (Phi) is 5.66. The predicted molar refractivity (Wildman–Crippen MR) is 104 cm³/mol. The van der Waals surface area contributed by atoms with Crippen molar-refractivity contribution in [3.05, 3.63) is 64.4 Å². The summed E-state index contributed by atoms with van der Waals surface area (Å²) in [4.78, 5) is 24.5. The second-order valence-corrected chi connectivity index (χ2v) is 6.32. The molecule has 0 saturated heterocycles. The maximum Gasteiger partial charge on any atom is 0.287 e. The highest BCUT2D eigenvalue weighted by atomic mass is 35.5. The Hall–Kier alpha value is -2.99. The van der Waals surface area contributed by atoms with Gasteiger partial charge in [-0.3, -0.25) is 9.59 Å². The predicted octanol–water partition coefficient (Wildman–Crippen LogP) is 3.56. The SMILES string of the molecule is COc1ccc2oc(C(=O)NCCNC(=O)c3ccccc3Cl)c(C)c2c1. The molecule has 27 heavy (non-hydrogen) atoms. The van der Waals surface area contributed by atoms with Gasteiger partial charge in [-0.1, -0.05) is 23.7 Å². The minimum atomic E-state index is -0.338. The van der Waals surface area contributed by atoms with E-state index in [9.17, 15) is 9.59 Å². The molecule has 0 aliphatic carbocycles. The molecule has 0 aliphatic rings. The summed E-state index contributed by atoms with van der Waals surface area (Å²) < 4.78 is 10.9. The molecular weight excluding hydrogens is 368 g/mol. The van der Waals surface area contributed by atoms with Crippen LogP contribution in [-0.2, 0) is 0 Å². The van der Waals surface area contributed by atoms with Crippen LogP contribution < -0.4 is 15.4 Å². The average Bonchev–Trinajstić information content (AvgIpc) is 3.01. The highest BCUT2D eigenvalue weighted by Gasteiger charge is 2.18. The van der Waals surface area contributed by atoms with E-state index in [1.807, 2.05) is 13.0 Å². The zero-order chi connectivity index (χ0) is 19.4. The first-order valence-corrected chi connectivity index (χ1v) is 8.77. The van der Waals surface area contributed by atoms with Gasteiger partial charge >= 0.3 is 0 Å². The fourth-order valence-corrected chi connectivity index (χ4v) is 2.94. The molecule has 0 unspecified atom stereocenters. The van der Waals surface area contributed by atoms with Crippen molar-refractivity contribution in [2.45, 2.75) is 6.92 Å². The van der Waals surface area contributed by atoms with Gasteiger partial charge in [0.05, 0.1) is 17.7 Å². The summed E-state index contributed by atoms with van der Waals surface area (Å²) in [7, 11) is 1.58. The molecule has 0 fully saturated rings. The van der Waals surface area contributed by atoms with Crippen LogP contribution in [-0.4, -0.2) is 32.0 Å². The van der Waals surface area contributed by atoms with Crippen LogP contribution in [0.2, 0.25) is 5.02 Å². The Balaban J connectivity index is 1.58. The molecule has 7 heteroatoms. The lowest BCUT2D eigenvalue weighted by atomic mass is 10.1.